The summed E-state index contributed by atoms with van der Waals surface area (Å²) >= 11 is 0. The molecule has 2 N–H and O–H groups in total. The van der Waals surface area contributed by atoms with E-state index in [4.69, 9.17) is 0 Å². The molecule has 3 aromatic rings. The number of benzene rings is 3. The first kappa shape index (κ1) is 23.6. The fourth-order valence-electron chi connectivity index (χ4n) is 4.11. The molecular formula is C25H26FN3O4S. The van der Waals surface area contributed by atoms with Gasteiger partial charge in [0, 0.05) is 37.6 Å². The summed E-state index contributed by atoms with van der Waals surface area (Å²) in [5, 5.41) is 9.82. The molecule has 1 saturated heterocycles. The Balaban J connectivity index is 1.54. The van der Waals surface area contributed by atoms with E-state index in [9.17, 15) is 22.7 Å². The van der Waals surface area contributed by atoms with Crippen LogP contribution in [0.25, 0.3) is 0 Å². The molecule has 0 saturated carbocycles. The van der Waals surface area contributed by atoms with Crippen molar-refractivity contribution in [1.29, 1.82) is 0 Å². The van der Waals surface area contributed by atoms with Crippen LogP contribution in [-0.2, 0) is 10.0 Å². The number of hydrogen-bond acceptors (Lipinski definition) is 5. The zero-order valence-electron chi connectivity index (χ0n) is 19.0. The molecule has 0 aromatic heterocycles. The number of sulfonamides is 1. The van der Waals surface area contributed by atoms with Crippen molar-refractivity contribution >= 4 is 33.1 Å². The van der Waals surface area contributed by atoms with Crippen LogP contribution in [0.4, 0.5) is 21.5 Å². The first-order chi connectivity index (χ1) is 16.1. The van der Waals surface area contributed by atoms with Crippen LogP contribution in [0.1, 0.15) is 21.5 Å². The van der Waals surface area contributed by atoms with Gasteiger partial charge in [0.25, 0.3) is 10.0 Å². The second-order valence-corrected chi connectivity index (χ2v) is 10.0. The van der Waals surface area contributed by atoms with Gasteiger partial charge in [-0.1, -0.05) is 12.1 Å². The minimum atomic E-state index is -3.88. The van der Waals surface area contributed by atoms with Crippen LogP contribution in [0.3, 0.4) is 0 Å². The van der Waals surface area contributed by atoms with Gasteiger partial charge < -0.3 is 14.9 Å². The number of aromatic carboxylic acids is 1. The summed E-state index contributed by atoms with van der Waals surface area (Å²) < 4.78 is 41.6. The molecule has 3 aromatic carbocycles. The van der Waals surface area contributed by atoms with E-state index < -0.39 is 16.0 Å². The lowest BCUT2D eigenvalue weighted by Gasteiger charge is -2.38. The number of aryl methyl sites for hydroxylation is 2. The molecule has 178 valence electrons. The van der Waals surface area contributed by atoms with E-state index in [2.05, 4.69) is 9.62 Å². The summed E-state index contributed by atoms with van der Waals surface area (Å²) in [5.74, 6) is -1.43. The SMILES string of the molecule is Cc1ccc(C)c(S(=O)(=O)Nc2ccc(N3CCN(c4ccc(F)cc4)CC3)c(C(=O)O)c2)c1. The largest absolute Gasteiger partial charge is 0.478 e. The topological polar surface area (TPSA) is 90.0 Å². The van der Waals surface area contributed by atoms with Gasteiger partial charge in [0.1, 0.15) is 5.82 Å². The minimum absolute atomic E-state index is 0.0244. The second kappa shape index (κ2) is 9.34. The molecule has 0 spiro atoms. The van der Waals surface area contributed by atoms with E-state index in [-0.39, 0.29) is 22.0 Å². The lowest BCUT2D eigenvalue weighted by atomic mass is 10.1. The second-order valence-electron chi connectivity index (χ2n) is 8.36. The van der Waals surface area contributed by atoms with Gasteiger partial charge in [0.2, 0.25) is 0 Å². The molecule has 1 aliphatic rings. The summed E-state index contributed by atoms with van der Waals surface area (Å²) in [6.45, 7) is 5.96. The molecule has 0 amide bonds. The molecule has 0 bridgehead atoms. The molecule has 34 heavy (non-hydrogen) atoms. The van der Waals surface area contributed by atoms with E-state index in [0.717, 1.165) is 11.3 Å². The molecule has 0 unspecified atom stereocenters. The van der Waals surface area contributed by atoms with E-state index in [0.29, 0.717) is 37.4 Å². The van der Waals surface area contributed by atoms with Gasteiger partial charge in [0.05, 0.1) is 16.1 Å². The first-order valence-electron chi connectivity index (χ1n) is 10.9. The quantitative estimate of drug-likeness (QED) is 0.544. The van der Waals surface area contributed by atoms with E-state index in [1.807, 2.05) is 17.9 Å². The lowest BCUT2D eigenvalue weighted by Crippen LogP contribution is -2.47. The Labute approximate surface area is 198 Å². The number of rotatable bonds is 6. The number of carboxylic acid groups (broad SMARTS) is 1. The van der Waals surface area contributed by atoms with Gasteiger partial charge in [-0.2, -0.15) is 0 Å². The lowest BCUT2D eigenvalue weighted by molar-refractivity contribution is 0.0697. The van der Waals surface area contributed by atoms with Gasteiger partial charge in [-0.05, 0) is 73.5 Å². The summed E-state index contributed by atoms with van der Waals surface area (Å²) in [4.78, 5) is 16.3. The van der Waals surface area contributed by atoms with Crippen LogP contribution in [-0.4, -0.2) is 45.7 Å². The summed E-state index contributed by atoms with van der Waals surface area (Å²) in [7, 11) is -3.88. The molecular weight excluding hydrogens is 457 g/mol. The zero-order chi connectivity index (χ0) is 24.5. The maximum atomic E-state index is 13.2. The van der Waals surface area contributed by atoms with Crippen molar-refractivity contribution in [2.75, 3.05) is 40.7 Å². The molecule has 0 aliphatic carbocycles. The fraction of sp³-hybridized carbons (Fsp3) is 0.240. The van der Waals surface area contributed by atoms with Gasteiger partial charge in [-0.3, -0.25) is 4.72 Å². The maximum absolute atomic E-state index is 13.2. The van der Waals surface area contributed by atoms with Crippen LogP contribution < -0.4 is 14.5 Å². The average molecular weight is 484 g/mol. The van der Waals surface area contributed by atoms with Crippen LogP contribution in [0.5, 0.6) is 0 Å². The molecule has 0 atom stereocenters. The third-order valence-electron chi connectivity index (χ3n) is 5.92. The molecule has 1 heterocycles. The molecule has 0 radical (unpaired) electrons. The van der Waals surface area contributed by atoms with Crippen molar-refractivity contribution in [2.45, 2.75) is 18.7 Å². The third-order valence-corrected chi connectivity index (χ3v) is 7.45. The van der Waals surface area contributed by atoms with E-state index in [1.165, 1.54) is 18.2 Å². The standard InChI is InChI=1S/C25H26FN3O4S/c1-17-3-4-18(2)24(15-17)34(32,33)27-20-7-10-23(22(16-20)25(30)31)29-13-11-28(12-14-29)21-8-5-19(26)6-9-21/h3-10,15-16,27H,11-14H2,1-2H3,(H,30,31). The van der Waals surface area contributed by atoms with E-state index in [1.54, 1.807) is 43.3 Å². The number of piperazine rings is 1. The number of anilines is 3. The number of nitrogens with one attached hydrogen (secondary N) is 1. The van der Waals surface area contributed by atoms with Crippen molar-refractivity contribution in [3.05, 3.63) is 83.2 Å². The number of hydrogen-bond donors (Lipinski definition) is 2. The highest BCUT2D eigenvalue weighted by atomic mass is 32.2. The van der Waals surface area contributed by atoms with Gasteiger partial charge in [-0.15, -0.1) is 0 Å². The maximum Gasteiger partial charge on any atom is 0.337 e. The molecule has 1 fully saturated rings. The summed E-state index contributed by atoms with van der Waals surface area (Å²) in [6.07, 6.45) is 0. The molecule has 9 heteroatoms. The molecule has 1 aliphatic heterocycles. The fourth-order valence-corrected chi connectivity index (χ4v) is 5.49. The van der Waals surface area contributed by atoms with Crippen molar-refractivity contribution in [3.8, 4) is 0 Å². The Morgan fingerprint density at radius 3 is 2.21 bits per heavy atom. The Morgan fingerprint density at radius 1 is 0.912 bits per heavy atom. The highest BCUT2D eigenvalue weighted by Crippen LogP contribution is 2.29. The van der Waals surface area contributed by atoms with Crippen molar-refractivity contribution < 1.29 is 22.7 Å². The van der Waals surface area contributed by atoms with Crippen molar-refractivity contribution in [2.24, 2.45) is 0 Å². The van der Waals surface area contributed by atoms with Gasteiger partial charge >= 0.3 is 5.97 Å². The number of nitrogens with zero attached hydrogens (tertiary/aromatic N) is 2. The van der Waals surface area contributed by atoms with Crippen molar-refractivity contribution in [3.63, 3.8) is 0 Å². The normalized spacial score (nSPS) is 14.2. The Hall–Kier alpha value is -3.59. The first-order valence-corrected chi connectivity index (χ1v) is 12.4. The van der Waals surface area contributed by atoms with E-state index >= 15 is 0 Å². The average Bonchev–Trinajstić information content (AvgIpc) is 2.81. The molecule has 4 rings (SSSR count). The Morgan fingerprint density at radius 2 is 1.56 bits per heavy atom. The minimum Gasteiger partial charge on any atom is -0.478 e. The Bertz CT molecular complexity index is 1320. The predicted molar refractivity (Wildman–Crippen MR) is 131 cm³/mol. The Kier molecular flexibility index (Phi) is 6.47. The number of carboxylic acids is 1. The van der Waals surface area contributed by atoms with Crippen LogP contribution in [0.2, 0.25) is 0 Å². The smallest absolute Gasteiger partial charge is 0.337 e. The third kappa shape index (κ3) is 4.99. The van der Waals surface area contributed by atoms with Crippen LogP contribution in [0.15, 0.2) is 65.6 Å². The molecule has 7 nitrogen and oxygen atoms in total. The van der Waals surface area contributed by atoms with Crippen molar-refractivity contribution in [1.82, 2.24) is 0 Å². The van der Waals surface area contributed by atoms with Gasteiger partial charge in [-0.25, -0.2) is 17.6 Å². The van der Waals surface area contributed by atoms with Gasteiger partial charge in [0.15, 0.2) is 0 Å². The monoisotopic (exact) mass is 483 g/mol. The summed E-state index contributed by atoms with van der Waals surface area (Å²) in [6, 6.07) is 16.0. The zero-order valence-corrected chi connectivity index (χ0v) is 19.8. The highest BCUT2D eigenvalue weighted by Gasteiger charge is 2.24. The predicted octanol–water partition coefficient (Wildman–Crippen LogP) is 4.27. The highest BCUT2D eigenvalue weighted by molar-refractivity contribution is 7.92. The summed E-state index contributed by atoms with van der Waals surface area (Å²) in [5.41, 5.74) is 3.07. The van der Waals surface area contributed by atoms with Crippen LogP contribution in [0, 0.1) is 19.7 Å². The number of carbonyl (C=O) groups is 1. The number of halogens is 1. The van der Waals surface area contributed by atoms with Crippen LogP contribution >= 0.6 is 0 Å².